The Bertz CT molecular complexity index is 755. The van der Waals surface area contributed by atoms with Gasteiger partial charge in [0.1, 0.15) is 0 Å². The zero-order valence-corrected chi connectivity index (χ0v) is 10.7. The van der Waals surface area contributed by atoms with E-state index in [0.29, 0.717) is 18.1 Å². The highest BCUT2D eigenvalue weighted by molar-refractivity contribution is 7.17. The number of nitrogens with zero attached hydrogens (tertiary/aromatic N) is 3. The van der Waals surface area contributed by atoms with Gasteiger partial charge < -0.3 is 10.3 Å². The van der Waals surface area contributed by atoms with Crippen LogP contribution in [-0.2, 0) is 0 Å². The number of rotatable bonds is 3. The third-order valence-electron chi connectivity index (χ3n) is 2.66. The Morgan fingerprint density at radius 1 is 1.53 bits per heavy atom. The molecular weight excluding hydrogens is 260 g/mol. The monoisotopic (exact) mass is 270 g/mol. The van der Waals surface area contributed by atoms with Gasteiger partial charge in [-0.05, 0) is 17.5 Å². The Balaban J connectivity index is 1.95. The normalized spacial score (nSPS) is 12.4. The maximum atomic E-state index is 5.82. The van der Waals surface area contributed by atoms with E-state index < -0.39 is 6.04 Å². The molecule has 6 heteroatoms. The van der Waals surface area contributed by atoms with Crippen molar-refractivity contribution in [3.05, 3.63) is 29.6 Å². The van der Waals surface area contributed by atoms with Gasteiger partial charge in [-0.25, -0.2) is 0 Å². The molecule has 0 aliphatic rings. The molecule has 0 radical (unpaired) electrons. The molecule has 1 atom stereocenters. The zero-order valence-electron chi connectivity index (χ0n) is 9.91. The van der Waals surface area contributed by atoms with Gasteiger partial charge in [0, 0.05) is 18.2 Å². The number of nitrogens with two attached hydrogens (primary N) is 1. The lowest BCUT2D eigenvalue weighted by molar-refractivity contribution is 0.357. The summed E-state index contributed by atoms with van der Waals surface area (Å²) >= 11 is 1.62. The Morgan fingerprint density at radius 2 is 2.42 bits per heavy atom. The SMILES string of the molecule is C#CCC(N)c1nc(-c2cnc3ccsc3c2)no1. The predicted octanol–water partition coefficient (Wildman–Crippen LogP) is 2.37. The first kappa shape index (κ1) is 11.8. The van der Waals surface area contributed by atoms with Gasteiger partial charge in [0.15, 0.2) is 0 Å². The third-order valence-corrected chi connectivity index (χ3v) is 3.51. The highest BCUT2D eigenvalue weighted by atomic mass is 32.1. The van der Waals surface area contributed by atoms with Gasteiger partial charge in [0.25, 0.3) is 0 Å². The second kappa shape index (κ2) is 4.80. The highest BCUT2D eigenvalue weighted by Gasteiger charge is 2.15. The van der Waals surface area contributed by atoms with Gasteiger partial charge in [-0.2, -0.15) is 4.98 Å². The molecule has 0 spiro atoms. The Kier molecular flexibility index (Phi) is 2.99. The van der Waals surface area contributed by atoms with Gasteiger partial charge in [-0.1, -0.05) is 5.16 Å². The van der Waals surface area contributed by atoms with Crippen molar-refractivity contribution in [2.75, 3.05) is 0 Å². The fraction of sp³-hybridized carbons (Fsp3) is 0.154. The smallest absolute Gasteiger partial charge is 0.244 e. The summed E-state index contributed by atoms with van der Waals surface area (Å²) < 4.78 is 6.20. The lowest BCUT2D eigenvalue weighted by Crippen LogP contribution is -2.09. The standard InChI is InChI=1S/C13H10N4OS/c1-2-3-9(14)13-16-12(17-18-13)8-6-11-10(15-7-8)4-5-19-11/h1,4-7,9H,3,14H2. The van der Waals surface area contributed by atoms with Crippen LogP contribution in [0.5, 0.6) is 0 Å². The van der Waals surface area contributed by atoms with E-state index in [1.54, 1.807) is 17.5 Å². The Labute approximate surface area is 113 Å². The molecule has 19 heavy (non-hydrogen) atoms. The molecular formula is C13H10N4OS. The molecule has 1 unspecified atom stereocenters. The molecule has 3 aromatic rings. The summed E-state index contributed by atoms with van der Waals surface area (Å²) in [7, 11) is 0. The van der Waals surface area contributed by atoms with Gasteiger partial charge in [-0.3, -0.25) is 4.98 Å². The first-order valence-electron chi connectivity index (χ1n) is 5.64. The van der Waals surface area contributed by atoms with Gasteiger partial charge >= 0.3 is 0 Å². The van der Waals surface area contributed by atoms with Crippen LogP contribution >= 0.6 is 11.3 Å². The molecule has 0 aliphatic heterocycles. The summed E-state index contributed by atoms with van der Waals surface area (Å²) in [6.07, 6.45) is 7.29. The van der Waals surface area contributed by atoms with Gasteiger partial charge in [0.2, 0.25) is 11.7 Å². The van der Waals surface area contributed by atoms with Crippen LogP contribution < -0.4 is 5.73 Å². The summed E-state index contributed by atoms with van der Waals surface area (Å²) in [5, 5.41) is 5.90. The van der Waals surface area contributed by atoms with Crippen LogP contribution in [0, 0.1) is 12.3 Å². The quantitative estimate of drug-likeness (QED) is 0.739. The highest BCUT2D eigenvalue weighted by Crippen LogP contribution is 2.25. The van der Waals surface area contributed by atoms with Crippen molar-refractivity contribution in [1.29, 1.82) is 0 Å². The summed E-state index contributed by atoms with van der Waals surface area (Å²) in [5.74, 6) is 3.30. The minimum Gasteiger partial charge on any atom is -0.337 e. The average molecular weight is 270 g/mol. The van der Waals surface area contributed by atoms with Gasteiger partial charge in [0.05, 0.1) is 16.3 Å². The number of pyridine rings is 1. The van der Waals surface area contributed by atoms with Crippen molar-refractivity contribution in [2.24, 2.45) is 5.73 Å². The van der Waals surface area contributed by atoms with E-state index in [-0.39, 0.29) is 0 Å². The fourth-order valence-electron chi connectivity index (χ4n) is 1.69. The van der Waals surface area contributed by atoms with E-state index >= 15 is 0 Å². The summed E-state index contributed by atoms with van der Waals surface area (Å²) in [6, 6.07) is 3.52. The topological polar surface area (TPSA) is 77.8 Å². The third kappa shape index (κ3) is 2.21. The minimum atomic E-state index is -0.426. The number of fused-ring (bicyclic) bond motifs is 1. The molecule has 0 bridgehead atoms. The van der Waals surface area contributed by atoms with Crippen molar-refractivity contribution in [3.63, 3.8) is 0 Å². The average Bonchev–Trinajstić information content (AvgIpc) is 3.07. The van der Waals surface area contributed by atoms with E-state index in [1.807, 2.05) is 17.5 Å². The molecule has 0 saturated carbocycles. The predicted molar refractivity (Wildman–Crippen MR) is 73.3 cm³/mol. The number of thiophene rings is 1. The number of aromatic nitrogens is 3. The summed E-state index contributed by atoms with van der Waals surface area (Å²) in [5.41, 5.74) is 7.58. The number of terminal acetylenes is 1. The Hall–Kier alpha value is -2.23. The maximum Gasteiger partial charge on any atom is 0.244 e. The first-order chi connectivity index (χ1) is 9.28. The minimum absolute atomic E-state index is 0.347. The number of hydrogen-bond donors (Lipinski definition) is 1. The van der Waals surface area contributed by atoms with Crippen LogP contribution in [0.25, 0.3) is 21.6 Å². The van der Waals surface area contributed by atoms with E-state index in [2.05, 4.69) is 21.0 Å². The fourth-order valence-corrected chi connectivity index (χ4v) is 2.47. The maximum absolute atomic E-state index is 5.82. The first-order valence-corrected chi connectivity index (χ1v) is 6.52. The Morgan fingerprint density at radius 3 is 3.26 bits per heavy atom. The van der Waals surface area contributed by atoms with Crippen LogP contribution in [0.2, 0.25) is 0 Å². The van der Waals surface area contributed by atoms with E-state index in [0.717, 1.165) is 15.8 Å². The van der Waals surface area contributed by atoms with Crippen molar-refractivity contribution < 1.29 is 4.52 Å². The van der Waals surface area contributed by atoms with Crippen LogP contribution in [0.4, 0.5) is 0 Å². The van der Waals surface area contributed by atoms with Crippen LogP contribution in [0.15, 0.2) is 28.2 Å². The van der Waals surface area contributed by atoms with Crippen LogP contribution in [-0.4, -0.2) is 15.1 Å². The molecule has 94 valence electrons. The molecule has 2 N–H and O–H groups in total. The molecule has 0 aromatic carbocycles. The summed E-state index contributed by atoms with van der Waals surface area (Å²) in [6.45, 7) is 0. The number of hydrogen-bond acceptors (Lipinski definition) is 6. The van der Waals surface area contributed by atoms with E-state index in [1.165, 1.54) is 0 Å². The second-order valence-electron chi connectivity index (χ2n) is 4.00. The van der Waals surface area contributed by atoms with Crippen molar-refractivity contribution >= 4 is 21.6 Å². The van der Waals surface area contributed by atoms with Crippen LogP contribution in [0.1, 0.15) is 18.4 Å². The zero-order chi connectivity index (χ0) is 13.2. The lowest BCUT2D eigenvalue weighted by Gasteiger charge is -1.98. The molecule has 3 aromatic heterocycles. The van der Waals surface area contributed by atoms with E-state index in [9.17, 15) is 0 Å². The largest absolute Gasteiger partial charge is 0.337 e. The van der Waals surface area contributed by atoms with Gasteiger partial charge in [-0.15, -0.1) is 23.7 Å². The van der Waals surface area contributed by atoms with Crippen LogP contribution in [0.3, 0.4) is 0 Å². The molecule has 0 amide bonds. The molecule has 0 saturated heterocycles. The lowest BCUT2D eigenvalue weighted by atomic mass is 10.2. The molecule has 0 fully saturated rings. The molecule has 0 aliphatic carbocycles. The molecule has 3 heterocycles. The molecule has 5 nitrogen and oxygen atoms in total. The van der Waals surface area contributed by atoms with Crippen molar-refractivity contribution in [3.8, 4) is 23.7 Å². The van der Waals surface area contributed by atoms with E-state index in [4.69, 9.17) is 16.7 Å². The summed E-state index contributed by atoms with van der Waals surface area (Å²) in [4.78, 5) is 8.59. The van der Waals surface area contributed by atoms with Crippen molar-refractivity contribution in [2.45, 2.75) is 12.5 Å². The van der Waals surface area contributed by atoms with Crippen molar-refractivity contribution in [1.82, 2.24) is 15.1 Å². The molecule has 3 rings (SSSR count). The second-order valence-corrected chi connectivity index (χ2v) is 4.95.